The van der Waals surface area contributed by atoms with Gasteiger partial charge in [-0.05, 0) is 26.3 Å². The summed E-state index contributed by atoms with van der Waals surface area (Å²) >= 11 is 0. The zero-order chi connectivity index (χ0) is 10.6. The Morgan fingerprint density at radius 3 is 2.71 bits per heavy atom. The number of aromatic nitrogens is 1. The number of Topliss-reactive ketones (excluding diaryl/α,β-unsaturated/α-hetero) is 1. The lowest BCUT2D eigenvalue weighted by molar-refractivity contribution is 0.101. The quantitative estimate of drug-likeness (QED) is 0.689. The summed E-state index contributed by atoms with van der Waals surface area (Å²) in [5, 5.41) is 0. The topological polar surface area (TPSA) is 39.2 Å². The van der Waals surface area contributed by atoms with Crippen molar-refractivity contribution in [2.45, 2.75) is 33.3 Å². The van der Waals surface area contributed by atoms with Crippen LogP contribution < -0.4 is 4.74 Å². The van der Waals surface area contributed by atoms with E-state index in [1.165, 1.54) is 6.92 Å². The lowest BCUT2D eigenvalue weighted by atomic mass is 10.2. The summed E-state index contributed by atoms with van der Waals surface area (Å²) < 4.78 is 5.48. The predicted octanol–water partition coefficient (Wildman–Crippen LogP) is 2.46. The number of ketones is 1. The van der Waals surface area contributed by atoms with Crippen LogP contribution in [0.1, 0.15) is 37.6 Å². The first-order valence-electron chi connectivity index (χ1n) is 4.77. The molecule has 0 saturated carbocycles. The highest BCUT2D eigenvalue weighted by Gasteiger charge is 2.03. The van der Waals surface area contributed by atoms with E-state index in [-0.39, 0.29) is 11.9 Å². The summed E-state index contributed by atoms with van der Waals surface area (Å²) in [5.41, 5.74) is 0.613. The van der Waals surface area contributed by atoms with E-state index in [9.17, 15) is 4.79 Å². The third-order valence-electron chi connectivity index (χ3n) is 2.04. The van der Waals surface area contributed by atoms with Gasteiger partial charge in [0.15, 0.2) is 5.78 Å². The number of hydrogen-bond donors (Lipinski definition) is 0. The Morgan fingerprint density at radius 2 is 2.29 bits per heavy atom. The average molecular weight is 193 g/mol. The van der Waals surface area contributed by atoms with E-state index >= 15 is 0 Å². The van der Waals surface area contributed by atoms with Crippen molar-refractivity contribution in [3.8, 4) is 5.88 Å². The second-order valence-corrected chi connectivity index (χ2v) is 3.28. The van der Waals surface area contributed by atoms with Crippen molar-refractivity contribution in [3.63, 3.8) is 0 Å². The van der Waals surface area contributed by atoms with Gasteiger partial charge in [0.05, 0.1) is 6.10 Å². The lowest BCUT2D eigenvalue weighted by Gasteiger charge is -2.10. The van der Waals surface area contributed by atoms with Gasteiger partial charge in [0.25, 0.3) is 0 Å². The van der Waals surface area contributed by atoms with Crippen LogP contribution >= 0.6 is 0 Å². The molecule has 1 unspecified atom stereocenters. The second-order valence-electron chi connectivity index (χ2n) is 3.28. The molecular weight excluding hydrogens is 178 g/mol. The van der Waals surface area contributed by atoms with Gasteiger partial charge in [-0.25, -0.2) is 4.98 Å². The summed E-state index contributed by atoms with van der Waals surface area (Å²) in [6, 6.07) is 3.45. The predicted molar refractivity (Wildman–Crippen MR) is 54.6 cm³/mol. The molecule has 14 heavy (non-hydrogen) atoms. The van der Waals surface area contributed by atoms with Gasteiger partial charge in [-0.15, -0.1) is 0 Å². The van der Waals surface area contributed by atoms with Crippen molar-refractivity contribution in [2.24, 2.45) is 0 Å². The van der Waals surface area contributed by atoms with Gasteiger partial charge in [0, 0.05) is 17.8 Å². The first-order chi connectivity index (χ1) is 6.63. The number of carbonyl (C=O) groups is 1. The van der Waals surface area contributed by atoms with Crippen LogP contribution in [-0.4, -0.2) is 16.9 Å². The molecule has 0 saturated heterocycles. The van der Waals surface area contributed by atoms with Gasteiger partial charge < -0.3 is 4.74 Å². The number of pyridine rings is 1. The van der Waals surface area contributed by atoms with E-state index in [2.05, 4.69) is 11.9 Å². The minimum absolute atomic E-state index is 0.0209. The fraction of sp³-hybridized carbons (Fsp3) is 0.455. The van der Waals surface area contributed by atoms with Crippen molar-refractivity contribution in [1.82, 2.24) is 4.98 Å². The Bertz CT molecular complexity index is 306. The molecule has 0 fully saturated rings. The van der Waals surface area contributed by atoms with Crippen LogP contribution in [-0.2, 0) is 0 Å². The Morgan fingerprint density at radius 1 is 1.57 bits per heavy atom. The third-order valence-corrected chi connectivity index (χ3v) is 2.04. The Kier molecular flexibility index (Phi) is 3.63. The van der Waals surface area contributed by atoms with Crippen LogP contribution in [0.4, 0.5) is 0 Å². The summed E-state index contributed by atoms with van der Waals surface area (Å²) in [5.74, 6) is 0.594. The van der Waals surface area contributed by atoms with Gasteiger partial charge in [0.1, 0.15) is 0 Å². The number of rotatable bonds is 4. The fourth-order valence-corrected chi connectivity index (χ4v) is 0.948. The molecular formula is C11H15NO2. The van der Waals surface area contributed by atoms with Gasteiger partial charge in [-0.2, -0.15) is 0 Å². The van der Waals surface area contributed by atoms with Crippen LogP contribution in [0.2, 0.25) is 0 Å². The SMILES string of the molecule is CCC(C)Oc1ccc(C(C)=O)cn1. The normalized spacial score (nSPS) is 12.2. The number of carbonyl (C=O) groups excluding carboxylic acids is 1. The summed E-state index contributed by atoms with van der Waals surface area (Å²) in [7, 11) is 0. The van der Waals surface area contributed by atoms with Crippen LogP contribution in [0.25, 0.3) is 0 Å². The molecule has 0 bridgehead atoms. The monoisotopic (exact) mass is 193 g/mol. The largest absolute Gasteiger partial charge is 0.475 e. The highest BCUT2D eigenvalue weighted by Crippen LogP contribution is 2.10. The molecule has 1 aromatic heterocycles. The highest BCUT2D eigenvalue weighted by atomic mass is 16.5. The van der Waals surface area contributed by atoms with Crippen molar-refractivity contribution in [2.75, 3.05) is 0 Å². The van der Waals surface area contributed by atoms with Crippen LogP contribution in [0.15, 0.2) is 18.3 Å². The van der Waals surface area contributed by atoms with E-state index in [1.54, 1.807) is 18.3 Å². The summed E-state index contributed by atoms with van der Waals surface area (Å²) in [6.45, 7) is 5.56. The van der Waals surface area contributed by atoms with Gasteiger partial charge in [0.2, 0.25) is 5.88 Å². The molecule has 0 N–H and O–H groups in total. The van der Waals surface area contributed by atoms with E-state index in [4.69, 9.17) is 4.74 Å². The number of ether oxygens (including phenoxy) is 1. The molecule has 0 aliphatic rings. The Balaban J connectivity index is 2.68. The fourth-order valence-electron chi connectivity index (χ4n) is 0.948. The van der Waals surface area contributed by atoms with Crippen LogP contribution in [0.5, 0.6) is 5.88 Å². The molecule has 1 heterocycles. The number of nitrogens with zero attached hydrogens (tertiary/aromatic N) is 1. The van der Waals surface area contributed by atoms with Gasteiger partial charge >= 0.3 is 0 Å². The molecule has 1 rings (SSSR count). The molecule has 0 spiro atoms. The first kappa shape index (κ1) is 10.7. The van der Waals surface area contributed by atoms with E-state index < -0.39 is 0 Å². The average Bonchev–Trinajstić information content (AvgIpc) is 2.18. The zero-order valence-corrected chi connectivity index (χ0v) is 8.78. The molecule has 0 amide bonds. The first-order valence-corrected chi connectivity index (χ1v) is 4.77. The standard InChI is InChI=1S/C11H15NO2/c1-4-8(2)14-11-6-5-10(7-12-11)9(3)13/h5-8H,4H2,1-3H3. The van der Waals surface area contributed by atoms with Crippen molar-refractivity contribution in [3.05, 3.63) is 23.9 Å². The van der Waals surface area contributed by atoms with E-state index in [1.807, 2.05) is 6.92 Å². The van der Waals surface area contributed by atoms with Gasteiger partial charge in [-0.3, -0.25) is 4.79 Å². The Labute approximate surface area is 84.1 Å². The maximum Gasteiger partial charge on any atom is 0.213 e. The highest BCUT2D eigenvalue weighted by molar-refractivity contribution is 5.93. The van der Waals surface area contributed by atoms with Crippen LogP contribution in [0.3, 0.4) is 0 Å². The molecule has 3 nitrogen and oxygen atoms in total. The summed E-state index contributed by atoms with van der Waals surface area (Å²) in [4.78, 5) is 15.0. The van der Waals surface area contributed by atoms with Crippen molar-refractivity contribution >= 4 is 5.78 Å². The maximum atomic E-state index is 11.0. The molecule has 1 aromatic rings. The number of hydrogen-bond acceptors (Lipinski definition) is 3. The molecule has 0 aliphatic heterocycles. The molecule has 0 aromatic carbocycles. The zero-order valence-electron chi connectivity index (χ0n) is 8.78. The molecule has 76 valence electrons. The van der Waals surface area contributed by atoms with Crippen LogP contribution in [0, 0.1) is 0 Å². The molecule has 0 radical (unpaired) electrons. The second kappa shape index (κ2) is 4.74. The molecule has 3 heteroatoms. The lowest BCUT2D eigenvalue weighted by Crippen LogP contribution is -2.10. The van der Waals surface area contributed by atoms with E-state index in [0.717, 1.165) is 6.42 Å². The minimum atomic E-state index is 0.0209. The summed E-state index contributed by atoms with van der Waals surface area (Å²) in [6.07, 6.45) is 2.64. The Hall–Kier alpha value is -1.38. The van der Waals surface area contributed by atoms with Crippen molar-refractivity contribution in [1.29, 1.82) is 0 Å². The van der Waals surface area contributed by atoms with Gasteiger partial charge in [-0.1, -0.05) is 6.92 Å². The molecule has 0 aliphatic carbocycles. The maximum absolute atomic E-state index is 11.0. The van der Waals surface area contributed by atoms with Crippen molar-refractivity contribution < 1.29 is 9.53 Å². The smallest absolute Gasteiger partial charge is 0.213 e. The van der Waals surface area contributed by atoms with E-state index in [0.29, 0.717) is 11.4 Å². The third kappa shape index (κ3) is 2.83. The molecule has 1 atom stereocenters. The minimum Gasteiger partial charge on any atom is -0.475 e.